The minimum atomic E-state index is -2.26. The molecular formula is C5H12Cl2NSi2. The van der Waals surface area contributed by atoms with Crippen molar-refractivity contribution in [2.24, 2.45) is 0 Å². The van der Waals surface area contributed by atoms with E-state index >= 15 is 0 Å². The largest absolute Gasteiger partial charge is 0.342 e. The molecule has 0 aromatic rings. The van der Waals surface area contributed by atoms with E-state index in [9.17, 15) is 0 Å². The molecule has 0 spiro atoms. The predicted molar refractivity (Wildman–Crippen MR) is 52.9 cm³/mol. The fourth-order valence-corrected chi connectivity index (χ4v) is 6.41. The maximum atomic E-state index is 6.00. The molecule has 59 valence electrons. The summed E-state index contributed by atoms with van der Waals surface area (Å²) in [5.41, 5.74) is 1.67. The van der Waals surface area contributed by atoms with Gasteiger partial charge in [0.2, 0.25) is 0 Å². The Kier molecular flexibility index (Phi) is 4.20. The second-order valence-corrected chi connectivity index (χ2v) is 11.6. The van der Waals surface area contributed by atoms with Gasteiger partial charge in [-0.05, 0) is 7.05 Å². The molecule has 0 aliphatic heterocycles. The van der Waals surface area contributed by atoms with E-state index in [1.807, 2.05) is 7.05 Å². The van der Waals surface area contributed by atoms with E-state index < -0.39 is 15.8 Å². The molecule has 0 saturated heterocycles. The van der Waals surface area contributed by atoms with Crippen LogP contribution in [0.4, 0.5) is 0 Å². The summed E-state index contributed by atoms with van der Waals surface area (Å²) in [6.07, 6.45) is 0. The summed E-state index contributed by atoms with van der Waals surface area (Å²) in [7, 11) is 1.44. The first-order valence-electron chi connectivity index (χ1n) is 2.97. The van der Waals surface area contributed by atoms with Crippen LogP contribution in [0, 0.1) is 0 Å². The summed E-state index contributed by atoms with van der Waals surface area (Å²) < 4.78 is 2.06. The van der Waals surface area contributed by atoms with Crippen LogP contribution in [-0.4, -0.2) is 27.1 Å². The molecule has 0 aromatic carbocycles. The molecule has 1 radical (unpaired) electrons. The van der Waals surface area contributed by atoms with Gasteiger partial charge in [0.15, 0.2) is 0 Å². The third-order valence-corrected chi connectivity index (χ3v) is 9.79. The second-order valence-electron chi connectivity index (χ2n) is 2.30. The first kappa shape index (κ1) is 10.7. The molecule has 0 amide bonds. The van der Waals surface area contributed by atoms with Crippen molar-refractivity contribution < 1.29 is 0 Å². The smallest absolute Gasteiger partial charge is 0.322 e. The van der Waals surface area contributed by atoms with Crippen molar-refractivity contribution in [3.05, 3.63) is 12.3 Å². The van der Waals surface area contributed by atoms with Crippen LogP contribution in [0.15, 0.2) is 12.3 Å². The first-order chi connectivity index (χ1) is 4.41. The number of halogens is 2. The highest BCUT2D eigenvalue weighted by Gasteiger charge is 2.32. The maximum Gasteiger partial charge on any atom is 0.342 e. The molecule has 0 saturated carbocycles. The van der Waals surface area contributed by atoms with Crippen molar-refractivity contribution in [2.75, 3.05) is 7.05 Å². The van der Waals surface area contributed by atoms with Crippen LogP contribution >= 0.6 is 22.2 Å². The molecule has 0 aliphatic rings. The Morgan fingerprint density at radius 2 is 1.90 bits per heavy atom. The fraction of sp³-hybridized carbons (Fsp3) is 0.600. The van der Waals surface area contributed by atoms with Crippen LogP contribution in [0.2, 0.25) is 13.1 Å². The molecular weight excluding hydrogens is 201 g/mol. The third kappa shape index (κ3) is 2.76. The average molecular weight is 213 g/mol. The van der Waals surface area contributed by atoms with Gasteiger partial charge in [0.05, 0.1) is 0 Å². The van der Waals surface area contributed by atoms with Crippen LogP contribution in [0.3, 0.4) is 0 Å². The average Bonchev–Trinajstić information content (AvgIpc) is 1.86. The highest BCUT2D eigenvalue weighted by atomic mass is 35.7. The maximum absolute atomic E-state index is 6.00. The van der Waals surface area contributed by atoms with Crippen molar-refractivity contribution in [1.29, 1.82) is 0 Å². The van der Waals surface area contributed by atoms with Crippen LogP contribution in [0.1, 0.15) is 0 Å². The van der Waals surface area contributed by atoms with E-state index in [0.29, 0.717) is 0 Å². The van der Waals surface area contributed by atoms with Crippen molar-refractivity contribution >= 4 is 38.0 Å². The van der Waals surface area contributed by atoms with E-state index in [1.54, 1.807) is 5.70 Å². The molecule has 0 bridgehead atoms. The van der Waals surface area contributed by atoms with Gasteiger partial charge in [-0.15, -0.1) is 28.7 Å². The van der Waals surface area contributed by atoms with E-state index in [1.165, 1.54) is 0 Å². The van der Waals surface area contributed by atoms with Gasteiger partial charge < -0.3 is 4.23 Å². The topological polar surface area (TPSA) is 3.24 Å². The van der Waals surface area contributed by atoms with Crippen LogP contribution in [0.5, 0.6) is 0 Å². The van der Waals surface area contributed by atoms with Gasteiger partial charge in [-0.1, -0.05) is 18.8 Å². The van der Waals surface area contributed by atoms with Crippen molar-refractivity contribution in [1.82, 2.24) is 4.23 Å². The van der Waals surface area contributed by atoms with Gasteiger partial charge in [-0.3, -0.25) is 0 Å². The Labute approximate surface area is 74.8 Å². The zero-order valence-corrected chi connectivity index (χ0v) is 10.00. The summed E-state index contributed by atoms with van der Waals surface area (Å²) >= 11 is 12.0. The number of hydrogen-bond acceptors (Lipinski definition) is 1. The van der Waals surface area contributed by atoms with Gasteiger partial charge in [0.1, 0.15) is 8.96 Å². The van der Waals surface area contributed by atoms with Crippen LogP contribution < -0.4 is 0 Å². The van der Waals surface area contributed by atoms with Gasteiger partial charge in [-0.2, -0.15) is 0 Å². The Balaban J connectivity index is 4.17. The number of rotatable bonds is 3. The highest BCUT2D eigenvalue weighted by molar-refractivity contribution is 7.47. The SMILES string of the molecule is C=C[Si](Cl)(Cl)N(C)[Si](C)C. The predicted octanol–water partition coefficient (Wildman–Crippen LogP) is 2.31. The third-order valence-electron chi connectivity index (χ3n) is 1.36. The Morgan fingerprint density at radius 1 is 1.50 bits per heavy atom. The highest BCUT2D eigenvalue weighted by Crippen LogP contribution is 2.20. The second kappa shape index (κ2) is 3.92. The normalized spacial score (nSPS) is 12.7. The van der Waals surface area contributed by atoms with Crippen molar-refractivity contribution in [3.8, 4) is 0 Å². The molecule has 0 heterocycles. The van der Waals surface area contributed by atoms with E-state index in [2.05, 4.69) is 23.9 Å². The van der Waals surface area contributed by atoms with Gasteiger partial charge in [-0.25, -0.2) is 0 Å². The van der Waals surface area contributed by atoms with Gasteiger partial charge >= 0.3 is 6.86 Å². The van der Waals surface area contributed by atoms with E-state index in [-0.39, 0.29) is 0 Å². The standard InChI is InChI=1S/C5H12Cl2NSi2/c1-5-10(6,7)8(2)9(3)4/h5H,1H2,2-4H3. The van der Waals surface area contributed by atoms with E-state index in [0.717, 1.165) is 0 Å². The van der Waals surface area contributed by atoms with Gasteiger partial charge in [0, 0.05) is 0 Å². The minimum absolute atomic E-state index is 0.521. The number of nitrogens with zero attached hydrogens (tertiary/aromatic N) is 1. The lowest BCUT2D eigenvalue weighted by Crippen LogP contribution is -2.47. The molecule has 0 atom stereocenters. The molecule has 0 N–H and O–H groups in total. The minimum Gasteiger partial charge on any atom is -0.322 e. The lowest BCUT2D eigenvalue weighted by Gasteiger charge is -2.27. The summed E-state index contributed by atoms with van der Waals surface area (Å²) in [4.78, 5) is 0. The molecule has 10 heavy (non-hydrogen) atoms. The lowest BCUT2D eigenvalue weighted by atomic mass is 11.3. The zero-order valence-electron chi connectivity index (χ0n) is 6.49. The molecule has 1 nitrogen and oxygen atoms in total. The quantitative estimate of drug-likeness (QED) is 0.513. The van der Waals surface area contributed by atoms with Crippen LogP contribution in [-0.2, 0) is 0 Å². The van der Waals surface area contributed by atoms with E-state index in [4.69, 9.17) is 22.2 Å². The zero-order chi connectivity index (χ0) is 8.36. The Bertz CT molecular complexity index is 127. The summed E-state index contributed by atoms with van der Waals surface area (Å²) in [5.74, 6) is 0. The Morgan fingerprint density at radius 3 is 2.00 bits per heavy atom. The first-order valence-corrected chi connectivity index (χ1v) is 9.46. The van der Waals surface area contributed by atoms with Gasteiger partial charge in [0.25, 0.3) is 0 Å². The molecule has 0 aliphatic carbocycles. The summed E-state index contributed by atoms with van der Waals surface area (Å²) in [6, 6.07) is 0. The lowest BCUT2D eigenvalue weighted by molar-refractivity contribution is 0.822. The monoisotopic (exact) mass is 212 g/mol. The molecule has 0 unspecified atom stereocenters. The summed E-state index contributed by atoms with van der Waals surface area (Å²) in [6.45, 7) is 5.66. The Hall–Kier alpha value is 0.714. The van der Waals surface area contributed by atoms with Crippen molar-refractivity contribution in [3.63, 3.8) is 0 Å². The van der Waals surface area contributed by atoms with Crippen LogP contribution in [0.25, 0.3) is 0 Å². The molecule has 0 rings (SSSR count). The molecule has 5 heteroatoms. The molecule has 0 aromatic heterocycles. The van der Waals surface area contributed by atoms with Crippen molar-refractivity contribution in [2.45, 2.75) is 13.1 Å². The summed E-state index contributed by atoms with van der Waals surface area (Å²) in [5, 5.41) is 0. The molecule has 0 fully saturated rings. The fourth-order valence-electron chi connectivity index (χ4n) is 0.435. The number of hydrogen-bond donors (Lipinski definition) is 0.